The number of cyclic esters (lactones) is 1. The van der Waals surface area contributed by atoms with E-state index in [1.165, 1.54) is 4.90 Å². The van der Waals surface area contributed by atoms with Gasteiger partial charge in [0.05, 0.1) is 24.7 Å². The molecule has 9 nitrogen and oxygen atoms in total. The number of likely N-dealkylation sites (tertiary alicyclic amines) is 1. The summed E-state index contributed by atoms with van der Waals surface area (Å²) in [6.45, 7) is 7.89. The minimum atomic E-state index is -1.35. The third-order valence-corrected chi connectivity index (χ3v) is 8.15. The Bertz CT molecular complexity index is 1130. The van der Waals surface area contributed by atoms with Crippen LogP contribution in [0.1, 0.15) is 27.2 Å². The van der Waals surface area contributed by atoms with Crippen LogP contribution in [0.2, 0.25) is 0 Å². The van der Waals surface area contributed by atoms with Crippen LogP contribution in [0.3, 0.4) is 0 Å². The summed E-state index contributed by atoms with van der Waals surface area (Å²) < 4.78 is 12.1. The molecule has 0 bridgehead atoms. The number of amides is 2. The van der Waals surface area contributed by atoms with Gasteiger partial charge in [-0.1, -0.05) is 24.3 Å². The third-order valence-electron chi connectivity index (χ3n) is 8.15. The van der Waals surface area contributed by atoms with Gasteiger partial charge in [0.15, 0.2) is 0 Å². The smallest absolute Gasteiger partial charge is 0.313 e. The predicted molar refractivity (Wildman–Crippen MR) is 138 cm³/mol. The van der Waals surface area contributed by atoms with Crippen LogP contribution in [0, 0.1) is 11.8 Å². The first-order valence-electron chi connectivity index (χ1n) is 13.1. The number of anilines is 2. The highest BCUT2D eigenvalue weighted by Crippen LogP contribution is 2.57. The van der Waals surface area contributed by atoms with Crippen LogP contribution in [-0.4, -0.2) is 84.4 Å². The molecule has 1 unspecified atom stereocenters. The van der Waals surface area contributed by atoms with Gasteiger partial charge in [-0.2, -0.15) is 0 Å². The average molecular weight is 510 g/mol. The number of hydrogen-bond acceptors (Lipinski definition) is 7. The standard InChI is InChI=1S/C28H35N3O6/c1-4-29(5-2)19-9-11-20(12-10-19)30-15-8-14-28-21(24(33)31(16-17-32)23(28)25(30)34)22-26(35)36-18-7-6-13-27(22,3)37-28/h6,8-14,21-23,32H,4-5,7,15-18H2,1-3H3/t21-,22-,23?,27+,28-/m0/s1. The number of aliphatic hydroxyl groups excluding tert-OH is 1. The molecule has 4 aliphatic heterocycles. The van der Waals surface area contributed by atoms with E-state index in [1.54, 1.807) is 17.9 Å². The molecule has 1 aromatic carbocycles. The van der Waals surface area contributed by atoms with E-state index in [-0.39, 0.29) is 31.6 Å². The third kappa shape index (κ3) is 3.87. The fourth-order valence-corrected chi connectivity index (χ4v) is 6.50. The van der Waals surface area contributed by atoms with Gasteiger partial charge < -0.3 is 29.3 Å². The fourth-order valence-electron chi connectivity index (χ4n) is 6.50. The molecule has 5 atom stereocenters. The van der Waals surface area contributed by atoms with Gasteiger partial charge in [-0.15, -0.1) is 0 Å². The molecule has 1 N–H and O–H groups in total. The van der Waals surface area contributed by atoms with E-state index in [0.29, 0.717) is 18.7 Å². The Hall–Kier alpha value is -3.17. The number of aliphatic hydroxyl groups is 1. The zero-order chi connectivity index (χ0) is 26.4. The van der Waals surface area contributed by atoms with Crippen LogP contribution in [-0.2, 0) is 23.9 Å². The summed E-state index contributed by atoms with van der Waals surface area (Å²) in [5.74, 6) is -3.02. The second-order valence-corrected chi connectivity index (χ2v) is 10.2. The Balaban J connectivity index is 1.57. The van der Waals surface area contributed by atoms with Crippen molar-refractivity contribution in [1.82, 2.24) is 4.90 Å². The summed E-state index contributed by atoms with van der Waals surface area (Å²) in [6, 6.07) is 6.78. The van der Waals surface area contributed by atoms with Crippen LogP contribution in [0.15, 0.2) is 48.6 Å². The maximum atomic E-state index is 14.2. The van der Waals surface area contributed by atoms with Gasteiger partial charge in [-0.25, -0.2) is 0 Å². The highest BCUT2D eigenvalue weighted by atomic mass is 16.6. The Morgan fingerprint density at radius 3 is 2.43 bits per heavy atom. The number of carbonyl (C=O) groups excluding carboxylic acids is 3. The lowest BCUT2D eigenvalue weighted by atomic mass is 9.74. The molecule has 0 saturated carbocycles. The maximum Gasteiger partial charge on any atom is 0.313 e. The van der Waals surface area contributed by atoms with Gasteiger partial charge in [0.25, 0.3) is 5.91 Å². The lowest BCUT2D eigenvalue weighted by molar-refractivity contribution is -0.159. The van der Waals surface area contributed by atoms with Crippen molar-refractivity contribution in [2.75, 3.05) is 49.2 Å². The Labute approximate surface area is 217 Å². The zero-order valence-corrected chi connectivity index (χ0v) is 21.6. The number of fused-ring (bicyclic) bond motifs is 2. The molecule has 2 saturated heterocycles. The normalized spacial score (nSPS) is 32.9. The minimum absolute atomic E-state index is 0.0340. The largest absolute Gasteiger partial charge is 0.465 e. The molecule has 9 heteroatoms. The first kappa shape index (κ1) is 25.5. The minimum Gasteiger partial charge on any atom is -0.465 e. The van der Waals surface area contributed by atoms with E-state index >= 15 is 0 Å². The molecule has 1 aromatic rings. The van der Waals surface area contributed by atoms with Crippen molar-refractivity contribution in [1.29, 1.82) is 0 Å². The van der Waals surface area contributed by atoms with Gasteiger partial charge in [0, 0.05) is 37.6 Å². The number of carbonyl (C=O) groups is 3. The van der Waals surface area contributed by atoms with Gasteiger partial charge in [0.1, 0.15) is 17.6 Å². The Morgan fingerprint density at radius 1 is 1.03 bits per heavy atom. The van der Waals surface area contributed by atoms with Crippen molar-refractivity contribution in [3.63, 3.8) is 0 Å². The zero-order valence-electron chi connectivity index (χ0n) is 21.6. The molecule has 1 spiro atoms. The molecular weight excluding hydrogens is 474 g/mol. The highest BCUT2D eigenvalue weighted by molar-refractivity contribution is 6.05. The average Bonchev–Trinajstić information content (AvgIpc) is 3.19. The van der Waals surface area contributed by atoms with Crippen molar-refractivity contribution in [3.8, 4) is 0 Å². The molecule has 2 amide bonds. The van der Waals surface area contributed by atoms with E-state index in [4.69, 9.17) is 9.47 Å². The molecule has 37 heavy (non-hydrogen) atoms. The molecule has 4 aliphatic rings. The van der Waals surface area contributed by atoms with Crippen LogP contribution in [0.4, 0.5) is 11.4 Å². The molecule has 0 radical (unpaired) electrons. The van der Waals surface area contributed by atoms with E-state index in [0.717, 1.165) is 18.8 Å². The molecule has 4 heterocycles. The second kappa shape index (κ2) is 9.61. The lowest BCUT2D eigenvalue weighted by Crippen LogP contribution is -2.56. The first-order chi connectivity index (χ1) is 17.8. The second-order valence-electron chi connectivity index (χ2n) is 10.2. The lowest BCUT2D eigenvalue weighted by Gasteiger charge is -2.37. The van der Waals surface area contributed by atoms with E-state index in [9.17, 15) is 19.5 Å². The summed E-state index contributed by atoms with van der Waals surface area (Å²) >= 11 is 0. The predicted octanol–water partition coefficient (Wildman–Crippen LogP) is 1.90. The number of hydrogen-bond donors (Lipinski definition) is 1. The van der Waals surface area contributed by atoms with E-state index < -0.39 is 35.0 Å². The summed E-state index contributed by atoms with van der Waals surface area (Å²) in [6.07, 6.45) is 7.91. The van der Waals surface area contributed by atoms with Gasteiger partial charge >= 0.3 is 5.97 Å². The first-order valence-corrected chi connectivity index (χ1v) is 13.1. The molecule has 0 aliphatic carbocycles. The van der Waals surface area contributed by atoms with Crippen molar-refractivity contribution in [2.24, 2.45) is 11.8 Å². The molecule has 2 fully saturated rings. The SMILES string of the molecule is CCN(CC)c1ccc(N2CC=C[C@]34O[C@]5(C)C=CCCOC(=O)[C@@H]5[C@H]3C(=O)N(CCO)C4C2=O)cc1. The quantitative estimate of drug-likeness (QED) is 0.462. The van der Waals surface area contributed by atoms with Crippen molar-refractivity contribution in [3.05, 3.63) is 48.6 Å². The van der Waals surface area contributed by atoms with Gasteiger partial charge in [0.2, 0.25) is 5.91 Å². The van der Waals surface area contributed by atoms with Gasteiger partial charge in [-0.05, 0) is 51.5 Å². The molecule has 5 rings (SSSR count). The molecular formula is C28H35N3O6. The van der Waals surface area contributed by atoms with Crippen LogP contribution >= 0.6 is 0 Å². The van der Waals surface area contributed by atoms with Gasteiger partial charge in [-0.3, -0.25) is 14.4 Å². The number of ether oxygens (including phenoxy) is 2. The van der Waals surface area contributed by atoms with Crippen LogP contribution in [0.25, 0.3) is 0 Å². The number of nitrogens with zero attached hydrogens (tertiary/aromatic N) is 3. The van der Waals surface area contributed by atoms with Crippen molar-refractivity contribution in [2.45, 2.75) is 44.4 Å². The number of benzene rings is 1. The number of rotatable bonds is 6. The Kier molecular flexibility index (Phi) is 6.62. The molecule has 0 aromatic heterocycles. The maximum absolute atomic E-state index is 14.2. The van der Waals surface area contributed by atoms with Crippen molar-refractivity contribution >= 4 is 29.2 Å². The van der Waals surface area contributed by atoms with E-state index in [2.05, 4.69) is 18.7 Å². The molecule has 198 valence electrons. The Morgan fingerprint density at radius 2 is 1.76 bits per heavy atom. The summed E-state index contributed by atoms with van der Waals surface area (Å²) in [5.41, 5.74) is -0.689. The highest BCUT2D eigenvalue weighted by Gasteiger charge is 2.74. The number of esters is 1. The van der Waals surface area contributed by atoms with Crippen molar-refractivity contribution < 1.29 is 29.0 Å². The van der Waals surface area contributed by atoms with Crippen LogP contribution < -0.4 is 9.80 Å². The summed E-state index contributed by atoms with van der Waals surface area (Å²) in [7, 11) is 0. The topological polar surface area (TPSA) is 99.6 Å². The van der Waals surface area contributed by atoms with Crippen LogP contribution in [0.5, 0.6) is 0 Å². The fraction of sp³-hybridized carbons (Fsp3) is 0.536. The monoisotopic (exact) mass is 509 g/mol. The summed E-state index contributed by atoms with van der Waals surface area (Å²) in [4.78, 5) is 46.5. The van der Waals surface area contributed by atoms with E-state index in [1.807, 2.05) is 42.5 Å². The summed E-state index contributed by atoms with van der Waals surface area (Å²) in [5, 5.41) is 9.80. The number of β-amino-alcohol motifs (C(OH)–C–C–N with tert-alkyl or cyclic N) is 1.